The standard InChI is InChI=1S/C11H13BrO2.C11H15BrO2/c1-9-2-4-10(5-3-9)11(8-12)13-6-7-14-11;1-9-4-6-10(7-5-9)11(8-12,13-2)14-3/h2-5H,6-8H2,1H3;4-7H,8H2,1-3H3. The first-order chi connectivity index (χ1) is 13.4. The summed E-state index contributed by atoms with van der Waals surface area (Å²) < 4.78 is 22.1. The predicted molar refractivity (Wildman–Crippen MR) is 119 cm³/mol. The van der Waals surface area contributed by atoms with Gasteiger partial charge in [-0.25, -0.2) is 0 Å². The summed E-state index contributed by atoms with van der Waals surface area (Å²) in [7, 11) is 3.29. The number of alkyl halides is 2. The molecule has 3 rings (SSSR count). The maximum atomic E-state index is 5.65. The second-order valence-corrected chi connectivity index (χ2v) is 7.73. The molecule has 2 aromatic carbocycles. The Morgan fingerprint density at radius 3 is 1.71 bits per heavy atom. The van der Waals surface area contributed by atoms with Crippen LogP contribution in [0.3, 0.4) is 0 Å². The lowest BCUT2D eigenvalue weighted by Crippen LogP contribution is -2.32. The molecule has 0 aliphatic carbocycles. The molecule has 0 aromatic heterocycles. The Labute approximate surface area is 184 Å². The fourth-order valence-corrected chi connectivity index (χ4v) is 4.33. The number of aryl methyl sites for hydroxylation is 2. The van der Waals surface area contributed by atoms with E-state index < -0.39 is 11.6 Å². The van der Waals surface area contributed by atoms with Gasteiger partial charge in [0.1, 0.15) is 0 Å². The van der Waals surface area contributed by atoms with Crippen LogP contribution in [-0.4, -0.2) is 38.1 Å². The van der Waals surface area contributed by atoms with Gasteiger partial charge in [-0.1, -0.05) is 91.5 Å². The number of rotatable bonds is 6. The minimum Gasteiger partial charge on any atom is -0.349 e. The first-order valence-electron chi connectivity index (χ1n) is 9.09. The third kappa shape index (κ3) is 5.43. The van der Waals surface area contributed by atoms with E-state index in [1.807, 2.05) is 24.3 Å². The van der Waals surface area contributed by atoms with Crippen molar-refractivity contribution in [1.82, 2.24) is 0 Å². The highest BCUT2D eigenvalue weighted by Crippen LogP contribution is 2.33. The quantitative estimate of drug-likeness (QED) is 0.380. The average molecular weight is 516 g/mol. The lowest BCUT2D eigenvalue weighted by molar-refractivity contribution is -0.196. The summed E-state index contributed by atoms with van der Waals surface area (Å²) in [6, 6.07) is 16.4. The highest BCUT2D eigenvalue weighted by atomic mass is 79.9. The molecule has 0 saturated carbocycles. The summed E-state index contributed by atoms with van der Waals surface area (Å²) in [6.07, 6.45) is 0. The molecule has 0 bridgehead atoms. The third-order valence-electron chi connectivity index (χ3n) is 4.75. The van der Waals surface area contributed by atoms with Crippen LogP contribution in [0.5, 0.6) is 0 Å². The summed E-state index contributed by atoms with van der Waals surface area (Å²) in [6.45, 7) is 5.46. The van der Waals surface area contributed by atoms with Crippen LogP contribution in [0.1, 0.15) is 22.3 Å². The topological polar surface area (TPSA) is 36.9 Å². The monoisotopic (exact) mass is 514 g/mol. The van der Waals surface area contributed by atoms with Crippen LogP contribution in [0.25, 0.3) is 0 Å². The molecule has 0 radical (unpaired) electrons. The molecule has 1 aliphatic rings. The molecule has 2 aromatic rings. The smallest absolute Gasteiger partial charge is 0.204 e. The second kappa shape index (κ2) is 10.9. The first kappa shape index (κ1) is 23.5. The predicted octanol–water partition coefficient (Wildman–Crippen LogP) is 5.43. The highest BCUT2D eigenvalue weighted by Gasteiger charge is 2.37. The van der Waals surface area contributed by atoms with Crippen LogP contribution in [0.2, 0.25) is 0 Å². The molecule has 0 atom stereocenters. The molecule has 0 amide bonds. The maximum absolute atomic E-state index is 5.65. The number of halogens is 2. The third-order valence-corrected chi connectivity index (χ3v) is 6.22. The Balaban J connectivity index is 0.000000200. The minimum atomic E-state index is -0.673. The number of methoxy groups -OCH3 is 2. The van der Waals surface area contributed by atoms with E-state index in [4.69, 9.17) is 18.9 Å². The Morgan fingerprint density at radius 2 is 1.32 bits per heavy atom. The Kier molecular flexibility index (Phi) is 9.12. The van der Waals surface area contributed by atoms with Crippen molar-refractivity contribution in [3.8, 4) is 0 Å². The zero-order valence-corrected chi connectivity index (χ0v) is 20.0. The molecule has 0 N–H and O–H groups in total. The molecule has 154 valence electrons. The van der Waals surface area contributed by atoms with Gasteiger partial charge in [-0.3, -0.25) is 0 Å². The lowest BCUT2D eigenvalue weighted by Gasteiger charge is -2.29. The maximum Gasteiger partial charge on any atom is 0.204 e. The number of hydrogen-bond acceptors (Lipinski definition) is 4. The van der Waals surface area contributed by atoms with Crippen LogP contribution in [0, 0.1) is 13.8 Å². The van der Waals surface area contributed by atoms with Crippen molar-refractivity contribution in [1.29, 1.82) is 0 Å². The molecule has 4 nitrogen and oxygen atoms in total. The van der Waals surface area contributed by atoms with E-state index in [9.17, 15) is 0 Å². The zero-order chi connectivity index (χ0) is 20.6. The van der Waals surface area contributed by atoms with Gasteiger partial charge in [-0.05, 0) is 13.8 Å². The van der Waals surface area contributed by atoms with Crippen molar-refractivity contribution in [2.24, 2.45) is 0 Å². The van der Waals surface area contributed by atoms with Crippen molar-refractivity contribution >= 4 is 31.9 Å². The SMILES string of the molecule is COC(CBr)(OC)c1ccc(C)cc1.Cc1ccc(C2(CBr)OCCO2)cc1. The van der Waals surface area contributed by atoms with Gasteiger partial charge in [0.2, 0.25) is 11.6 Å². The van der Waals surface area contributed by atoms with Gasteiger partial charge in [0, 0.05) is 25.3 Å². The molecule has 1 aliphatic heterocycles. The highest BCUT2D eigenvalue weighted by molar-refractivity contribution is 9.09. The molecular formula is C22H28Br2O4. The van der Waals surface area contributed by atoms with Gasteiger partial charge in [-0.2, -0.15) is 0 Å². The van der Waals surface area contributed by atoms with Crippen LogP contribution in [0.4, 0.5) is 0 Å². The summed E-state index contributed by atoms with van der Waals surface area (Å²) in [5.74, 6) is -1.23. The lowest BCUT2D eigenvalue weighted by atomic mass is 10.1. The average Bonchev–Trinajstić information content (AvgIpc) is 3.22. The Bertz CT molecular complexity index is 648. The number of ether oxygens (including phenoxy) is 4. The van der Waals surface area contributed by atoms with E-state index in [0.717, 1.165) is 11.1 Å². The van der Waals surface area contributed by atoms with Gasteiger partial charge in [-0.15, -0.1) is 0 Å². The normalized spacial score (nSPS) is 15.8. The summed E-state index contributed by atoms with van der Waals surface area (Å²) in [4.78, 5) is 0. The van der Waals surface area contributed by atoms with E-state index >= 15 is 0 Å². The van der Waals surface area contributed by atoms with Crippen molar-refractivity contribution in [2.45, 2.75) is 25.4 Å². The molecule has 6 heteroatoms. The molecule has 0 unspecified atom stereocenters. The molecular weight excluding hydrogens is 488 g/mol. The molecule has 0 spiro atoms. The van der Waals surface area contributed by atoms with E-state index in [-0.39, 0.29) is 0 Å². The van der Waals surface area contributed by atoms with Crippen LogP contribution < -0.4 is 0 Å². The van der Waals surface area contributed by atoms with Gasteiger partial charge < -0.3 is 18.9 Å². The summed E-state index contributed by atoms with van der Waals surface area (Å²) in [5, 5.41) is 1.28. The zero-order valence-electron chi connectivity index (χ0n) is 16.8. The van der Waals surface area contributed by atoms with Gasteiger partial charge in [0.05, 0.1) is 23.9 Å². The number of hydrogen-bond donors (Lipinski definition) is 0. The van der Waals surface area contributed by atoms with Gasteiger partial charge >= 0.3 is 0 Å². The van der Waals surface area contributed by atoms with Crippen LogP contribution in [0.15, 0.2) is 48.5 Å². The van der Waals surface area contributed by atoms with Crippen molar-refractivity contribution in [3.63, 3.8) is 0 Å². The minimum absolute atomic E-state index is 0.562. The fourth-order valence-electron chi connectivity index (χ4n) is 2.90. The van der Waals surface area contributed by atoms with Crippen molar-refractivity contribution in [3.05, 3.63) is 70.8 Å². The Hall–Kier alpha value is -0.760. The van der Waals surface area contributed by atoms with E-state index in [0.29, 0.717) is 23.9 Å². The molecule has 1 heterocycles. The van der Waals surface area contributed by atoms with Crippen molar-refractivity contribution in [2.75, 3.05) is 38.1 Å². The van der Waals surface area contributed by atoms with Crippen molar-refractivity contribution < 1.29 is 18.9 Å². The molecule has 28 heavy (non-hydrogen) atoms. The fraction of sp³-hybridized carbons (Fsp3) is 0.455. The van der Waals surface area contributed by atoms with E-state index in [1.54, 1.807) is 14.2 Å². The largest absolute Gasteiger partial charge is 0.349 e. The first-order valence-corrected chi connectivity index (χ1v) is 11.3. The van der Waals surface area contributed by atoms with E-state index in [2.05, 4.69) is 70.0 Å². The van der Waals surface area contributed by atoms with E-state index in [1.165, 1.54) is 11.1 Å². The summed E-state index contributed by atoms with van der Waals surface area (Å²) in [5.41, 5.74) is 4.57. The molecule has 1 saturated heterocycles. The van der Waals surface area contributed by atoms with Crippen LogP contribution >= 0.6 is 31.9 Å². The summed E-state index contributed by atoms with van der Waals surface area (Å²) >= 11 is 6.84. The van der Waals surface area contributed by atoms with Gasteiger partial charge in [0.25, 0.3) is 0 Å². The van der Waals surface area contributed by atoms with Crippen LogP contribution in [-0.2, 0) is 30.5 Å². The Morgan fingerprint density at radius 1 is 0.857 bits per heavy atom. The number of benzene rings is 2. The molecule has 1 fully saturated rings. The van der Waals surface area contributed by atoms with Gasteiger partial charge in [0.15, 0.2) is 0 Å². The second-order valence-electron chi connectivity index (χ2n) is 6.61.